The third-order valence-corrected chi connectivity index (χ3v) is 3.72. The molecule has 1 aromatic rings. The Bertz CT molecular complexity index is 427. The highest BCUT2D eigenvalue weighted by molar-refractivity contribution is 5.92. The molecule has 1 aliphatic heterocycles. The molecule has 0 saturated carbocycles. The van der Waals surface area contributed by atoms with E-state index in [1.807, 2.05) is 17.8 Å². The SMILES string of the molecule is CCC(O)CCNC(=O)c1ccn(C2CCCNC2)n1. The Morgan fingerprint density at radius 2 is 2.55 bits per heavy atom. The molecule has 1 aromatic heterocycles. The molecule has 1 amide bonds. The zero-order chi connectivity index (χ0) is 14.4. The number of aliphatic hydroxyl groups excluding tert-OH is 1. The minimum Gasteiger partial charge on any atom is -0.393 e. The minimum absolute atomic E-state index is 0.171. The third kappa shape index (κ3) is 4.05. The summed E-state index contributed by atoms with van der Waals surface area (Å²) >= 11 is 0. The van der Waals surface area contributed by atoms with Crippen molar-refractivity contribution in [1.29, 1.82) is 0 Å². The van der Waals surface area contributed by atoms with Crippen LogP contribution in [-0.2, 0) is 0 Å². The molecule has 0 spiro atoms. The van der Waals surface area contributed by atoms with Crippen molar-refractivity contribution in [2.24, 2.45) is 0 Å². The number of nitrogens with zero attached hydrogens (tertiary/aromatic N) is 2. The molecular formula is C14H24N4O2. The quantitative estimate of drug-likeness (QED) is 0.716. The number of carbonyl (C=O) groups excluding carboxylic acids is 1. The van der Waals surface area contributed by atoms with Crippen molar-refractivity contribution in [2.45, 2.75) is 44.8 Å². The predicted octanol–water partition coefficient (Wildman–Crippen LogP) is 0.698. The lowest BCUT2D eigenvalue weighted by molar-refractivity contribution is 0.0935. The van der Waals surface area contributed by atoms with Gasteiger partial charge in [-0.2, -0.15) is 5.10 Å². The van der Waals surface area contributed by atoms with Crippen molar-refractivity contribution >= 4 is 5.91 Å². The molecule has 2 rings (SSSR count). The Kier molecular flexibility index (Phi) is 5.55. The summed E-state index contributed by atoms with van der Waals surface area (Å²) in [6.07, 6.45) is 5.04. The van der Waals surface area contributed by atoms with E-state index in [-0.39, 0.29) is 12.0 Å². The molecule has 1 saturated heterocycles. The highest BCUT2D eigenvalue weighted by Gasteiger charge is 2.17. The molecule has 6 nitrogen and oxygen atoms in total. The summed E-state index contributed by atoms with van der Waals surface area (Å²) in [6.45, 7) is 4.37. The fraction of sp³-hybridized carbons (Fsp3) is 0.714. The Balaban J connectivity index is 1.83. The van der Waals surface area contributed by atoms with E-state index in [1.165, 1.54) is 0 Å². The van der Waals surface area contributed by atoms with E-state index in [0.29, 0.717) is 31.1 Å². The molecule has 0 aliphatic carbocycles. The van der Waals surface area contributed by atoms with Crippen molar-refractivity contribution < 1.29 is 9.90 Å². The van der Waals surface area contributed by atoms with Crippen molar-refractivity contribution in [3.63, 3.8) is 0 Å². The first-order valence-corrected chi connectivity index (χ1v) is 7.43. The Morgan fingerprint density at radius 1 is 1.70 bits per heavy atom. The number of nitrogens with one attached hydrogen (secondary N) is 2. The van der Waals surface area contributed by atoms with Crippen LogP contribution in [0.15, 0.2) is 12.3 Å². The van der Waals surface area contributed by atoms with Gasteiger partial charge >= 0.3 is 0 Å². The van der Waals surface area contributed by atoms with Crippen LogP contribution in [0.2, 0.25) is 0 Å². The average molecular weight is 280 g/mol. The maximum absolute atomic E-state index is 11.9. The summed E-state index contributed by atoms with van der Waals surface area (Å²) in [7, 11) is 0. The fourth-order valence-electron chi connectivity index (χ4n) is 2.37. The molecule has 6 heteroatoms. The zero-order valence-electron chi connectivity index (χ0n) is 12.0. The van der Waals surface area contributed by atoms with E-state index < -0.39 is 0 Å². The Morgan fingerprint density at radius 3 is 3.25 bits per heavy atom. The molecule has 0 aromatic carbocycles. The Hall–Kier alpha value is -1.40. The summed E-state index contributed by atoms with van der Waals surface area (Å²) in [5.74, 6) is -0.171. The molecule has 2 atom stereocenters. The smallest absolute Gasteiger partial charge is 0.271 e. The topological polar surface area (TPSA) is 79.2 Å². The number of carbonyl (C=O) groups is 1. The van der Waals surface area contributed by atoms with Gasteiger partial charge in [-0.25, -0.2) is 0 Å². The van der Waals surface area contributed by atoms with Crippen LogP contribution in [0.1, 0.15) is 49.1 Å². The minimum atomic E-state index is -0.346. The van der Waals surface area contributed by atoms with Gasteiger partial charge in [0.2, 0.25) is 0 Å². The second-order valence-electron chi connectivity index (χ2n) is 5.29. The van der Waals surface area contributed by atoms with Crippen molar-refractivity contribution in [3.8, 4) is 0 Å². The molecule has 20 heavy (non-hydrogen) atoms. The lowest BCUT2D eigenvalue weighted by Crippen LogP contribution is -2.32. The number of amides is 1. The maximum atomic E-state index is 11.9. The second-order valence-corrected chi connectivity index (χ2v) is 5.29. The van der Waals surface area contributed by atoms with Crippen LogP contribution in [0.5, 0.6) is 0 Å². The highest BCUT2D eigenvalue weighted by atomic mass is 16.3. The lowest BCUT2D eigenvalue weighted by atomic mass is 10.1. The first kappa shape index (κ1) is 15.0. The first-order valence-electron chi connectivity index (χ1n) is 7.43. The number of rotatable bonds is 6. The van der Waals surface area contributed by atoms with Gasteiger partial charge in [-0.15, -0.1) is 0 Å². The zero-order valence-corrected chi connectivity index (χ0v) is 12.0. The largest absolute Gasteiger partial charge is 0.393 e. The van der Waals surface area contributed by atoms with Crippen LogP contribution in [0.25, 0.3) is 0 Å². The number of aliphatic hydroxyl groups is 1. The van der Waals surface area contributed by atoms with E-state index in [2.05, 4.69) is 15.7 Å². The number of aromatic nitrogens is 2. The summed E-state index contributed by atoms with van der Waals surface area (Å²) in [5, 5.41) is 19.9. The van der Waals surface area contributed by atoms with Gasteiger partial charge in [0, 0.05) is 19.3 Å². The van der Waals surface area contributed by atoms with Gasteiger partial charge in [0.05, 0.1) is 12.1 Å². The molecule has 2 heterocycles. The van der Waals surface area contributed by atoms with Crippen LogP contribution >= 0.6 is 0 Å². The molecule has 1 fully saturated rings. The van der Waals surface area contributed by atoms with Crippen molar-refractivity contribution in [3.05, 3.63) is 18.0 Å². The summed E-state index contributed by atoms with van der Waals surface area (Å²) in [5.41, 5.74) is 0.446. The van der Waals surface area contributed by atoms with Gasteiger partial charge in [-0.1, -0.05) is 6.92 Å². The van der Waals surface area contributed by atoms with Crippen LogP contribution in [-0.4, -0.2) is 46.5 Å². The van der Waals surface area contributed by atoms with Gasteiger partial charge in [-0.3, -0.25) is 9.48 Å². The van der Waals surface area contributed by atoms with E-state index in [0.717, 1.165) is 25.9 Å². The van der Waals surface area contributed by atoms with Crippen molar-refractivity contribution in [2.75, 3.05) is 19.6 Å². The molecule has 2 unspecified atom stereocenters. The highest BCUT2D eigenvalue weighted by Crippen LogP contribution is 2.15. The van der Waals surface area contributed by atoms with Gasteiger partial charge in [0.25, 0.3) is 5.91 Å². The molecular weight excluding hydrogens is 256 g/mol. The van der Waals surface area contributed by atoms with Gasteiger partial charge in [0.15, 0.2) is 0 Å². The molecule has 1 aliphatic rings. The summed E-state index contributed by atoms with van der Waals surface area (Å²) in [6, 6.07) is 2.09. The van der Waals surface area contributed by atoms with Crippen molar-refractivity contribution in [1.82, 2.24) is 20.4 Å². The monoisotopic (exact) mass is 280 g/mol. The summed E-state index contributed by atoms with van der Waals surface area (Å²) < 4.78 is 1.88. The van der Waals surface area contributed by atoms with E-state index in [4.69, 9.17) is 0 Å². The second kappa shape index (κ2) is 7.40. The summed E-state index contributed by atoms with van der Waals surface area (Å²) in [4.78, 5) is 11.9. The van der Waals surface area contributed by atoms with E-state index in [9.17, 15) is 9.90 Å². The van der Waals surface area contributed by atoms with Crippen LogP contribution in [0.4, 0.5) is 0 Å². The molecule has 0 bridgehead atoms. The van der Waals surface area contributed by atoms with E-state index >= 15 is 0 Å². The first-order chi connectivity index (χ1) is 9.70. The lowest BCUT2D eigenvalue weighted by Gasteiger charge is -2.22. The molecule has 112 valence electrons. The van der Waals surface area contributed by atoms with Crippen LogP contribution in [0, 0.1) is 0 Å². The van der Waals surface area contributed by atoms with Gasteiger partial charge in [0.1, 0.15) is 5.69 Å². The average Bonchev–Trinajstić information content (AvgIpc) is 2.97. The van der Waals surface area contributed by atoms with Crippen LogP contribution < -0.4 is 10.6 Å². The standard InChI is InChI=1S/C14H24N4O2/c1-2-12(19)5-8-16-14(20)13-6-9-18(17-13)11-4-3-7-15-10-11/h6,9,11-12,15,19H,2-5,7-8,10H2,1H3,(H,16,20). The molecule has 0 radical (unpaired) electrons. The predicted molar refractivity (Wildman–Crippen MR) is 76.6 cm³/mol. The van der Waals surface area contributed by atoms with Crippen LogP contribution in [0.3, 0.4) is 0 Å². The van der Waals surface area contributed by atoms with Gasteiger partial charge < -0.3 is 15.7 Å². The Labute approximate surface area is 119 Å². The number of hydrogen-bond acceptors (Lipinski definition) is 4. The maximum Gasteiger partial charge on any atom is 0.271 e. The van der Waals surface area contributed by atoms with Gasteiger partial charge in [-0.05, 0) is 38.3 Å². The molecule has 3 N–H and O–H groups in total. The van der Waals surface area contributed by atoms with E-state index in [1.54, 1.807) is 6.07 Å². The normalized spacial score (nSPS) is 20.6. The third-order valence-electron chi connectivity index (χ3n) is 3.72. The number of hydrogen-bond donors (Lipinski definition) is 3. The fourth-order valence-corrected chi connectivity index (χ4v) is 2.37. The number of piperidine rings is 1.